The van der Waals surface area contributed by atoms with E-state index < -0.39 is 5.91 Å². The summed E-state index contributed by atoms with van der Waals surface area (Å²) in [6, 6.07) is 18.4. The van der Waals surface area contributed by atoms with Gasteiger partial charge in [-0.05, 0) is 62.6 Å². The first-order chi connectivity index (χ1) is 13.0. The fraction of sp³-hybridized carbons (Fsp3) is 0.0476. The minimum absolute atomic E-state index is 0.0474. The average Bonchev–Trinajstić information content (AvgIpc) is 2.68. The molecule has 2 N–H and O–H groups in total. The number of phenolic OH excluding ortho intramolecular Hbond substituents is 1. The van der Waals surface area contributed by atoms with Crippen molar-refractivity contribution in [3.63, 3.8) is 0 Å². The normalized spacial score (nSPS) is 11.1. The molecule has 5 nitrogen and oxygen atoms in total. The standard InChI is InChI=1S/C21H15BrN2O3/c1-27-19-10-13(9-18(22)20(19)25)8-16(12-23)21(26)24-17-7-6-14-4-2-3-5-15(14)11-17/h2-11,25H,1H3,(H,24,26)/b16-8+. The van der Waals surface area contributed by atoms with Crippen LogP contribution in [0.1, 0.15) is 5.56 Å². The van der Waals surface area contributed by atoms with Gasteiger partial charge in [0, 0.05) is 5.69 Å². The number of halogens is 1. The number of anilines is 1. The predicted octanol–water partition coefficient (Wildman–Crippen LogP) is 4.86. The maximum atomic E-state index is 12.5. The van der Waals surface area contributed by atoms with Crippen LogP contribution < -0.4 is 10.1 Å². The monoisotopic (exact) mass is 422 g/mol. The lowest BCUT2D eigenvalue weighted by Gasteiger charge is -2.08. The van der Waals surface area contributed by atoms with Gasteiger partial charge in [-0.15, -0.1) is 0 Å². The van der Waals surface area contributed by atoms with Gasteiger partial charge in [-0.1, -0.05) is 30.3 Å². The molecule has 0 unspecified atom stereocenters. The average molecular weight is 423 g/mol. The van der Waals surface area contributed by atoms with E-state index in [1.54, 1.807) is 18.2 Å². The summed E-state index contributed by atoms with van der Waals surface area (Å²) in [7, 11) is 1.42. The van der Waals surface area contributed by atoms with Gasteiger partial charge in [-0.25, -0.2) is 0 Å². The van der Waals surface area contributed by atoms with Crippen LogP contribution in [0.15, 0.2) is 64.6 Å². The highest BCUT2D eigenvalue weighted by Gasteiger charge is 2.12. The third-order valence-corrected chi connectivity index (χ3v) is 4.56. The Morgan fingerprint density at radius 3 is 2.63 bits per heavy atom. The van der Waals surface area contributed by atoms with Crippen LogP contribution in [0.25, 0.3) is 16.8 Å². The first kappa shape index (κ1) is 18.5. The number of carbonyl (C=O) groups is 1. The lowest BCUT2D eigenvalue weighted by Crippen LogP contribution is -2.13. The number of rotatable bonds is 4. The second-order valence-corrected chi connectivity index (χ2v) is 6.59. The van der Waals surface area contributed by atoms with Gasteiger partial charge in [0.15, 0.2) is 11.5 Å². The molecule has 3 aromatic carbocycles. The molecule has 3 aromatic rings. The number of ether oxygens (including phenoxy) is 1. The highest BCUT2D eigenvalue weighted by Crippen LogP contribution is 2.35. The van der Waals surface area contributed by atoms with Gasteiger partial charge in [0.2, 0.25) is 0 Å². The summed E-state index contributed by atoms with van der Waals surface area (Å²) >= 11 is 3.22. The molecule has 0 aliphatic rings. The number of phenols is 1. The Labute approximate surface area is 164 Å². The lowest BCUT2D eigenvalue weighted by atomic mass is 10.1. The zero-order valence-corrected chi connectivity index (χ0v) is 15.9. The first-order valence-electron chi connectivity index (χ1n) is 8.00. The van der Waals surface area contributed by atoms with Crippen LogP contribution in [-0.4, -0.2) is 18.1 Å². The Kier molecular flexibility index (Phi) is 5.43. The maximum absolute atomic E-state index is 12.5. The molecule has 6 heteroatoms. The van der Waals surface area contributed by atoms with Crippen molar-refractivity contribution in [2.45, 2.75) is 0 Å². The van der Waals surface area contributed by atoms with Gasteiger partial charge in [-0.2, -0.15) is 5.26 Å². The van der Waals surface area contributed by atoms with Crippen LogP contribution >= 0.6 is 15.9 Å². The molecule has 0 saturated heterocycles. The zero-order valence-electron chi connectivity index (χ0n) is 14.4. The van der Waals surface area contributed by atoms with Gasteiger partial charge < -0.3 is 15.2 Å². The second-order valence-electron chi connectivity index (χ2n) is 5.74. The number of fused-ring (bicyclic) bond motifs is 1. The number of hydrogen-bond acceptors (Lipinski definition) is 4. The van der Waals surface area contributed by atoms with Crippen molar-refractivity contribution in [2.75, 3.05) is 12.4 Å². The molecule has 0 aliphatic heterocycles. The van der Waals surface area contributed by atoms with Crippen molar-refractivity contribution in [1.82, 2.24) is 0 Å². The predicted molar refractivity (Wildman–Crippen MR) is 109 cm³/mol. The van der Waals surface area contributed by atoms with E-state index in [0.29, 0.717) is 15.7 Å². The number of nitrogens with one attached hydrogen (secondary N) is 1. The molecule has 0 saturated carbocycles. The third kappa shape index (κ3) is 4.10. The summed E-state index contributed by atoms with van der Waals surface area (Å²) in [6.45, 7) is 0. The fourth-order valence-electron chi connectivity index (χ4n) is 2.61. The number of nitriles is 1. The summed E-state index contributed by atoms with van der Waals surface area (Å²) in [6.07, 6.45) is 1.43. The molecular weight excluding hydrogens is 408 g/mol. The van der Waals surface area contributed by atoms with Gasteiger partial charge in [0.1, 0.15) is 11.6 Å². The SMILES string of the molecule is COc1cc(/C=C(\C#N)C(=O)Nc2ccc3ccccc3c2)cc(Br)c1O. The van der Waals surface area contributed by atoms with E-state index in [9.17, 15) is 15.2 Å². The number of methoxy groups -OCH3 is 1. The van der Waals surface area contributed by atoms with E-state index in [-0.39, 0.29) is 17.1 Å². The second kappa shape index (κ2) is 7.94. The molecule has 0 heterocycles. The van der Waals surface area contributed by atoms with Crippen LogP contribution in [-0.2, 0) is 4.79 Å². The van der Waals surface area contributed by atoms with Crippen molar-refractivity contribution in [3.8, 4) is 17.6 Å². The summed E-state index contributed by atoms with van der Waals surface area (Å²) < 4.78 is 5.49. The number of carbonyl (C=O) groups excluding carboxylic acids is 1. The smallest absolute Gasteiger partial charge is 0.266 e. The largest absolute Gasteiger partial charge is 0.503 e. The first-order valence-corrected chi connectivity index (χ1v) is 8.79. The summed E-state index contributed by atoms with van der Waals surface area (Å²) in [5.41, 5.74) is 1.08. The molecule has 0 spiro atoms. The van der Waals surface area contributed by atoms with Gasteiger partial charge in [0.25, 0.3) is 5.91 Å². The van der Waals surface area contributed by atoms with Crippen molar-refractivity contribution in [2.24, 2.45) is 0 Å². The molecule has 0 bridgehead atoms. The Bertz CT molecular complexity index is 1100. The van der Waals surface area contributed by atoms with Crippen molar-refractivity contribution >= 4 is 44.4 Å². The Balaban J connectivity index is 1.88. The van der Waals surface area contributed by atoms with E-state index in [2.05, 4.69) is 21.2 Å². The molecule has 3 rings (SSSR count). The van der Waals surface area contributed by atoms with Crippen LogP contribution in [0.5, 0.6) is 11.5 Å². The number of nitrogens with zero attached hydrogens (tertiary/aromatic N) is 1. The molecule has 0 aromatic heterocycles. The van der Waals surface area contributed by atoms with E-state index in [1.165, 1.54) is 13.2 Å². The minimum Gasteiger partial charge on any atom is -0.503 e. The Morgan fingerprint density at radius 2 is 1.93 bits per heavy atom. The Hall–Kier alpha value is -3.30. The lowest BCUT2D eigenvalue weighted by molar-refractivity contribution is -0.112. The molecule has 27 heavy (non-hydrogen) atoms. The highest BCUT2D eigenvalue weighted by molar-refractivity contribution is 9.10. The zero-order chi connectivity index (χ0) is 19.4. The number of amides is 1. The van der Waals surface area contributed by atoms with E-state index in [4.69, 9.17) is 4.74 Å². The summed E-state index contributed by atoms with van der Waals surface area (Å²) in [5, 5.41) is 24.0. The van der Waals surface area contributed by atoms with E-state index in [1.807, 2.05) is 42.5 Å². The summed E-state index contributed by atoms with van der Waals surface area (Å²) in [4.78, 5) is 12.5. The van der Waals surface area contributed by atoms with Gasteiger partial charge in [-0.3, -0.25) is 4.79 Å². The van der Waals surface area contributed by atoms with Crippen molar-refractivity contribution < 1.29 is 14.6 Å². The Morgan fingerprint density at radius 1 is 1.19 bits per heavy atom. The number of benzene rings is 3. The highest BCUT2D eigenvalue weighted by atomic mass is 79.9. The maximum Gasteiger partial charge on any atom is 0.266 e. The van der Waals surface area contributed by atoms with Gasteiger partial charge in [0.05, 0.1) is 11.6 Å². The van der Waals surface area contributed by atoms with Crippen molar-refractivity contribution in [3.05, 3.63) is 70.2 Å². The minimum atomic E-state index is -0.518. The topological polar surface area (TPSA) is 82.3 Å². The molecule has 0 radical (unpaired) electrons. The molecule has 0 aliphatic carbocycles. The fourth-order valence-corrected chi connectivity index (χ4v) is 3.07. The van der Waals surface area contributed by atoms with Crippen LogP contribution in [0.4, 0.5) is 5.69 Å². The molecular formula is C21H15BrN2O3. The van der Waals surface area contributed by atoms with Crippen LogP contribution in [0, 0.1) is 11.3 Å². The summed E-state index contributed by atoms with van der Waals surface area (Å²) in [5.74, 6) is -0.326. The number of hydrogen-bond donors (Lipinski definition) is 2. The van der Waals surface area contributed by atoms with Crippen molar-refractivity contribution in [1.29, 1.82) is 5.26 Å². The molecule has 0 atom stereocenters. The molecule has 134 valence electrons. The third-order valence-electron chi connectivity index (χ3n) is 3.95. The molecule has 0 fully saturated rings. The molecule has 1 amide bonds. The number of aromatic hydroxyl groups is 1. The van der Waals surface area contributed by atoms with Crippen LogP contribution in [0.3, 0.4) is 0 Å². The van der Waals surface area contributed by atoms with E-state index >= 15 is 0 Å². The van der Waals surface area contributed by atoms with Gasteiger partial charge >= 0.3 is 0 Å². The quantitative estimate of drug-likeness (QED) is 0.464. The van der Waals surface area contributed by atoms with Crippen LogP contribution in [0.2, 0.25) is 0 Å². The van der Waals surface area contributed by atoms with E-state index in [0.717, 1.165) is 10.8 Å².